The van der Waals surface area contributed by atoms with Crippen molar-refractivity contribution < 1.29 is 4.79 Å². The van der Waals surface area contributed by atoms with Gasteiger partial charge in [0, 0.05) is 29.3 Å². The minimum absolute atomic E-state index is 0. The summed E-state index contributed by atoms with van der Waals surface area (Å²) in [5.41, 5.74) is 6.62. The number of carbonyl (C=O) groups excluding carboxylic acids is 1. The second-order valence-corrected chi connectivity index (χ2v) is 5.18. The van der Waals surface area contributed by atoms with Crippen LogP contribution in [0.15, 0.2) is 28.7 Å². The molecule has 1 aliphatic heterocycles. The van der Waals surface area contributed by atoms with Crippen molar-refractivity contribution in [3.63, 3.8) is 0 Å². The maximum Gasteiger partial charge on any atom is 0.321 e. The van der Waals surface area contributed by atoms with Gasteiger partial charge in [0.05, 0.1) is 0 Å². The average molecular weight is 335 g/mol. The third-order valence-electron chi connectivity index (χ3n) is 2.92. The minimum atomic E-state index is -0.0424. The maximum absolute atomic E-state index is 11.9. The number of nitrogens with zero attached hydrogens (tertiary/aromatic N) is 1. The number of hydrogen-bond donors (Lipinski definition) is 2. The van der Waals surface area contributed by atoms with Gasteiger partial charge in [-0.2, -0.15) is 0 Å². The molecule has 0 bridgehead atoms. The summed E-state index contributed by atoms with van der Waals surface area (Å²) in [4.78, 5) is 13.7. The van der Waals surface area contributed by atoms with E-state index in [1.54, 1.807) is 0 Å². The summed E-state index contributed by atoms with van der Waals surface area (Å²) in [6.07, 6.45) is 1.77. The summed E-state index contributed by atoms with van der Waals surface area (Å²) in [6.45, 7) is 1.48. The first-order valence-corrected chi connectivity index (χ1v) is 6.51. The molecule has 1 heterocycles. The molecule has 2 amide bonds. The van der Waals surface area contributed by atoms with Gasteiger partial charge in [0.15, 0.2) is 0 Å². The molecule has 1 saturated heterocycles. The number of urea groups is 1. The number of nitrogens with one attached hydrogen (secondary N) is 1. The Hall–Kier alpha value is -0.780. The molecule has 0 aliphatic carbocycles. The van der Waals surface area contributed by atoms with Gasteiger partial charge in [0.1, 0.15) is 0 Å². The van der Waals surface area contributed by atoms with E-state index in [0.717, 1.165) is 36.1 Å². The fourth-order valence-electron chi connectivity index (χ4n) is 1.84. The molecule has 1 aliphatic rings. The first-order valence-electron chi connectivity index (χ1n) is 5.72. The summed E-state index contributed by atoms with van der Waals surface area (Å²) < 4.78 is 0.999. The third-order valence-corrected chi connectivity index (χ3v) is 3.45. The van der Waals surface area contributed by atoms with Crippen molar-refractivity contribution in [2.75, 3.05) is 18.4 Å². The first kappa shape index (κ1) is 15.3. The van der Waals surface area contributed by atoms with Crippen LogP contribution in [0, 0.1) is 0 Å². The lowest BCUT2D eigenvalue weighted by Crippen LogP contribution is -2.44. The van der Waals surface area contributed by atoms with Gasteiger partial charge in [0.2, 0.25) is 0 Å². The zero-order chi connectivity index (χ0) is 12.3. The molecule has 0 aromatic heterocycles. The molecule has 6 heteroatoms. The van der Waals surface area contributed by atoms with Crippen LogP contribution >= 0.6 is 28.3 Å². The van der Waals surface area contributed by atoms with E-state index >= 15 is 0 Å². The van der Waals surface area contributed by atoms with E-state index in [4.69, 9.17) is 5.73 Å². The number of benzene rings is 1. The highest BCUT2D eigenvalue weighted by molar-refractivity contribution is 9.10. The van der Waals surface area contributed by atoms with Crippen molar-refractivity contribution >= 4 is 40.1 Å². The van der Waals surface area contributed by atoms with Crippen molar-refractivity contribution in [1.82, 2.24) is 4.90 Å². The van der Waals surface area contributed by atoms with E-state index in [0.29, 0.717) is 0 Å². The number of amides is 2. The van der Waals surface area contributed by atoms with Gasteiger partial charge in [-0.05, 0) is 37.1 Å². The van der Waals surface area contributed by atoms with E-state index in [2.05, 4.69) is 21.2 Å². The Labute approximate surface area is 121 Å². The minimum Gasteiger partial charge on any atom is -0.328 e. The molecular formula is C12H17BrClN3O. The predicted molar refractivity (Wildman–Crippen MR) is 79.2 cm³/mol. The van der Waals surface area contributed by atoms with E-state index < -0.39 is 0 Å². The molecule has 1 fully saturated rings. The second kappa shape index (κ2) is 6.97. The topological polar surface area (TPSA) is 58.4 Å². The Bertz CT molecular complexity index is 391. The fraction of sp³-hybridized carbons (Fsp3) is 0.417. The van der Waals surface area contributed by atoms with Gasteiger partial charge in [-0.15, -0.1) is 12.4 Å². The van der Waals surface area contributed by atoms with Gasteiger partial charge < -0.3 is 16.0 Å². The van der Waals surface area contributed by atoms with Gasteiger partial charge in [-0.25, -0.2) is 4.79 Å². The van der Waals surface area contributed by atoms with Crippen LogP contribution < -0.4 is 11.1 Å². The van der Waals surface area contributed by atoms with Crippen molar-refractivity contribution in [2.45, 2.75) is 18.9 Å². The smallest absolute Gasteiger partial charge is 0.321 e. The largest absolute Gasteiger partial charge is 0.328 e. The number of carbonyl (C=O) groups is 1. The highest BCUT2D eigenvalue weighted by Gasteiger charge is 2.20. The Morgan fingerprint density at radius 1 is 1.28 bits per heavy atom. The summed E-state index contributed by atoms with van der Waals surface area (Å²) in [5, 5.41) is 2.88. The maximum atomic E-state index is 11.9. The number of hydrogen-bond acceptors (Lipinski definition) is 2. The second-order valence-electron chi connectivity index (χ2n) is 4.26. The van der Waals surface area contributed by atoms with Gasteiger partial charge in [-0.1, -0.05) is 15.9 Å². The van der Waals surface area contributed by atoms with Crippen LogP contribution in [0.2, 0.25) is 0 Å². The van der Waals surface area contributed by atoms with Gasteiger partial charge >= 0.3 is 6.03 Å². The zero-order valence-electron chi connectivity index (χ0n) is 9.93. The zero-order valence-corrected chi connectivity index (χ0v) is 12.3. The third kappa shape index (κ3) is 4.15. The standard InChI is InChI=1S/C12H16BrN3O.ClH/c13-9-1-3-11(4-2-9)15-12(17)16-7-5-10(14)6-8-16;/h1-4,10H,5-8,14H2,(H,15,17);1H. The predicted octanol–water partition coefficient (Wildman–Crippen LogP) is 2.83. The number of rotatable bonds is 1. The number of nitrogens with two attached hydrogens (primary N) is 1. The molecule has 0 unspecified atom stereocenters. The average Bonchev–Trinajstić information content (AvgIpc) is 2.33. The highest BCUT2D eigenvalue weighted by atomic mass is 79.9. The van der Waals surface area contributed by atoms with Crippen LogP contribution in [-0.4, -0.2) is 30.1 Å². The normalized spacial score (nSPS) is 16.0. The van der Waals surface area contributed by atoms with Crippen LogP contribution in [0.1, 0.15) is 12.8 Å². The van der Waals surface area contributed by atoms with Crippen molar-refractivity contribution in [3.05, 3.63) is 28.7 Å². The van der Waals surface area contributed by atoms with Gasteiger partial charge in [0.25, 0.3) is 0 Å². The summed E-state index contributed by atoms with van der Waals surface area (Å²) in [7, 11) is 0. The lowest BCUT2D eigenvalue weighted by atomic mass is 10.1. The molecule has 1 aromatic rings. The molecule has 4 nitrogen and oxygen atoms in total. The Kier molecular flexibility index (Phi) is 5.91. The quantitative estimate of drug-likeness (QED) is 0.829. The van der Waals surface area contributed by atoms with E-state index in [1.807, 2.05) is 29.2 Å². The summed E-state index contributed by atoms with van der Waals surface area (Å²) in [5.74, 6) is 0. The Morgan fingerprint density at radius 3 is 2.39 bits per heavy atom. The SMILES string of the molecule is Cl.NC1CCN(C(=O)Nc2ccc(Br)cc2)CC1. The molecule has 0 radical (unpaired) electrons. The van der Waals surface area contributed by atoms with Crippen molar-refractivity contribution in [2.24, 2.45) is 5.73 Å². The molecule has 0 spiro atoms. The lowest BCUT2D eigenvalue weighted by Gasteiger charge is -2.30. The molecular weight excluding hydrogens is 318 g/mol. The molecule has 2 rings (SSSR count). The lowest BCUT2D eigenvalue weighted by molar-refractivity contribution is 0.195. The molecule has 3 N–H and O–H groups in total. The van der Waals surface area contributed by atoms with E-state index in [1.165, 1.54) is 0 Å². The first-order chi connectivity index (χ1) is 8.15. The van der Waals surface area contributed by atoms with Crippen LogP contribution in [0.25, 0.3) is 0 Å². The van der Waals surface area contributed by atoms with E-state index in [-0.39, 0.29) is 24.5 Å². The number of anilines is 1. The van der Waals surface area contributed by atoms with Crippen LogP contribution in [0.3, 0.4) is 0 Å². The monoisotopic (exact) mass is 333 g/mol. The number of likely N-dealkylation sites (tertiary alicyclic amines) is 1. The fourth-order valence-corrected chi connectivity index (χ4v) is 2.10. The Morgan fingerprint density at radius 2 is 1.83 bits per heavy atom. The van der Waals surface area contributed by atoms with Gasteiger partial charge in [-0.3, -0.25) is 0 Å². The van der Waals surface area contributed by atoms with Crippen molar-refractivity contribution in [1.29, 1.82) is 0 Å². The summed E-state index contributed by atoms with van der Waals surface area (Å²) >= 11 is 3.36. The van der Waals surface area contributed by atoms with Crippen LogP contribution in [-0.2, 0) is 0 Å². The Balaban J connectivity index is 0.00000162. The number of piperidine rings is 1. The van der Waals surface area contributed by atoms with Crippen LogP contribution in [0.5, 0.6) is 0 Å². The summed E-state index contributed by atoms with van der Waals surface area (Å²) in [6, 6.07) is 7.75. The van der Waals surface area contributed by atoms with Crippen LogP contribution in [0.4, 0.5) is 10.5 Å². The highest BCUT2D eigenvalue weighted by Crippen LogP contribution is 2.15. The molecule has 0 saturated carbocycles. The molecule has 1 aromatic carbocycles. The number of halogens is 2. The van der Waals surface area contributed by atoms with E-state index in [9.17, 15) is 4.79 Å². The molecule has 100 valence electrons. The molecule has 0 atom stereocenters. The van der Waals surface area contributed by atoms with Crippen molar-refractivity contribution in [3.8, 4) is 0 Å². The molecule has 18 heavy (non-hydrogen) atoms.